The van der Waals surface area contributed by atoms with E-state index in [1.54, 1.807) is 12.2 Å². The molecule has 2 aromatic rings. The van der Waals surface area contributed by atoms with Crippen molar-refractivity contribution in [1.29, 1.82) is 0 Å². The van der Waals surface area contributed by atoms with Crippen molar-refractivity contribution in [3.8, 4) is 5.88 Å². The molecular formula is C16H16N2O2S. The molecule has 21 heavy (non-hydrogen) atoms. The van der Waals surface area contributed by atoms with Crippen molar-refractivity contribution in [2.24, 2.45) is 0 Å². The molecule has 0 fully saturated rings. The Hall–Kier alpha value is -2.40. The van der Waals surface area contributed by atoms with Crippen molar-refractivity contribution in [2.45, 2.75) is 13.0 Å². The summed E-state index contributed by atoms with van der Waals surface area (Å²) in [6, 6.07) is 9.86. The van der Waals surface area contributed by atoms with Crippen molar-refractivity contribution in [3.05, 3.63) is 75.3 Å². The van der Waals surface area contributed by atoms with E-state index in [0.717, 1.165) is 5.56 Å². The van der Waals surface area contributed by atoms with Crippen LogP contribution in [-0.4, -0.2) is 14.7 Å². The molecule has 1 aromatic carbocycles. The topological polar surface area (TPSA) is 58.0 Å². The van der Waals surface area contributed by atoms with Crippen molar-refractivity contribution in [1.82, 2.24) is 9.55 Å². The fraction of sp³-hybridized carbons (Fsp3) is 0.125. The van der Waals surface area contributed by atoms with Gasteiger partial charge in [-0.15, -0.1) is 6.58 Å². The van der Waals surface area contributed by atoms with E-state index in [1.165, 1.54) is 4.57 Å². The first-order valence-electron chi connectivity index (χ1n) is 6.51. The highest BCUT2D eigenvalue weighted by molar-refractivity contribution is 7.71. The third kappa shape index (κ3) is 3.58. The summed E-state index contributed by atoms with van der Waals surface area (Å²) < 4.78 is 1.60. The maximum Gasteiger partial charge on any atom is 0.262 e. The number of hydrogen-bond donors (Lipinski definition) is 2. The second-order valence-corrected chi connectivity index (χ2v) is 4.87. The second kappa shape index (κ2) is 6.85. The predicted molar refractivity (Wildman–Crippen MR) is 86.9 cm³/mol. The monoisotopic (exact) mass is 300 g/mol. The molecule has 0 spiro atoms. The maximum atomic E-state index is 11.9. The van der Waals surface area contributed by atoms with Gasteiger partial charge in [0.25, 0.3) is 5.56 Å². The number of aromatic amines is 1. The van der Waals surface area contributed by atoms with Crippen LogP contribution in [0.5, 0.6) is 5.88 Å². The van der Waals surface area contributed by atoms with Gasteiger partial charge in [-0.25, -0.2) is 0 Å². The molecule has 0 aliphatic heterocycles. The van der Waals surface area contributed by atoms with Gasteiger partial charge >= 0.3 is 0 Å². The van der Waals surface area contributed by atoms with E-state index in [2.05, 4.69) is 11.6 Å². The van der Waals surface area contributed by atoms with Crippen LogP contribution in [0.25, 0.3) is 6.08 Å². The maximum absolute atomic E-state index is 11.9. The summed E-state index contributed by atoms with van der Waals surface area (Å²) in [6.07, 6.45) is 5.72. The average Bonchev–Trinajstić information content (AvgIpc) is 2.48. The number of aromatic hydroxyl groups is 1. The molecule has 0 aliphatic rings. The summed E-state index contributed by atoms with van der Waals surface area (Å²) in [5, 5.41) is 10.2. The highest BCUT2D eigenvalue weighted by Crippen LogP contribution is 2.15. The van der Waals surface area contributed by atoms with Crippen molar-refractivity contribution in [3.63, 3.8) is 0 Å². The number of aromatic nitrogens is 2. The quantitative estimate of drug-likeness (QED) is 0.659. The Labute approximate surface area is 127 Å². The van der Waals surface area contributed by atoms with E-state index in [1.807, 2.05) is 36.4 Å². The Balaban J connectivity index is 2.31. The zero-order valence-corrected chi connectivity index (χ0v) is 12.3. The number of H-pyrrole nitrogens is 1. The van der Waals surface area contributed by atoms with E-state index in [4.69, 9.17) is 12.2 Å². The molecule has 2 N–H and O–H groups in total. The first-order valence-corrected chi connectivity index (χ1v) is 6.91. The SMILES string of the molecule is C=CCn1c(O)c(C=CCc2ccccc2)c(=O)[nH]c1=S. The Kier molecular flexibility index (Phi) is 4.90. The Morgan fingerprint density at radius 1 is 1.33 bits per heavy atom. The van der Waals surface area contributed by atoms with Gasteiger partial charge in [-0.2, -0.15) is 0 Å². The minimum absolute atomic E-state index is 0.145. The molecule has 2 rings (SSSR count). The summed E-state index contributed by atoms with van der Waals surface area (Å²) in [7, 11) is 0. The van der Waals surface area contributed by atoms with Crippen LogP contribution >= 0.6 is 12.2 Å². The highest BCUT2D eigenvalue weighted by atomic mass is 32.1. The van der Waals surface area contributed by atoms with E-state index in [-0.39, 0.29) is 16.2 Å². The lowest BCUT2D eigenvalue weighted by Gasteiger charge is -2.08. The van der Waals surface area contributed by atoms with Gasteiger partial charge in [-0.05, 0) is 30.3 Å². The third-order valence-electron chi connectivity index (χ3n) is 3.00. The van der Waals surface area contributed by atoms with Crippen LogP contribution < -0.4 is 5.56 Å². The number of nitrogens with one attached hydrogen (secondary N) is 1. The molecule has 0 saturated carbocycles. The average molecular weight is 300 g/mol. The van der Waals surface area contributed by atoms with Crippen LogP contribution in [0.4, 0.5) is 0 Å². The fourth-order valence-corrected chi connectivity index (χ4v) is 2.20. The first-order chi connectivity index (χ1) is 10.1. The molecule has 1 aromatic heterocycles. The summed E-state index contributed by atoms with van der Waals surface area (Å²) >= 11 is 5.02. The van der Waals surface area contributed by atoms with Gasteiger partial charge in [0.2, 0.25) is 5.88 Å². The molecule has 5 heteroatoms. The summed E-state index contributed by atoms with van der Waals surface area (Å²) in [4.78, 5) is 14.4. The molecule has 0 unspecified atom stereocenters. The first kappa shape index (κ1) is 15.0. The van der Waals surface area contributed by atoms with Gasteiger partial charge < -0.3 is 5.11 Å². The van der Waals surface area contributed by atoms with Crippen LogP contribution in [0.15, 0.2) is 53.9 Å². The Morgan fingerprint density at radius 2 is 2.05 bits per heavy atom. The summed E-state index contributed by atoms with van der Waals surface area (Å²) in [6.45, 7) is 3.94. The molecule has 0 atom stereocenters. The van der Waals surface area contributed by atoms with E-state index in [9.17, 15) is 9.90 Å². The number of allylic oxidation sites excluding steroid dienone is 2. The smallest absolute Gasteiger partial charge is 0.262 e. The molecule has 1 heterocycles. The molecule has 0 aliphatic carbocycles. The lowest BCUT2D eigenvalue weighted by Crippen LogP contribution is -2.16. The van der Waals surface area contributed by atoms with Crippen LogP contribution in [-0.2, 0) is 13.0 Å². The number of rotatable bonds is 5. The largest absolute Gasteiger partial charge is 0.494 e. The second-order valence-electron chi connectivity index (χ2n) is 4.49. The standard InChI is InChI=1S/C16H16N2O2S/c1-2-11-18-15(20)13(14(19)17-16(18)21)10-6-9-12-7-4-3-5-8-12/h2-8,10,20H,1,9,11H2,(H,17,19,21). The van der Waals surface area contributed by atoms with Gasteiger partial charge in [0, 0.05) is 6.54 Å². The van der Waals surface area contributed by atoms with E-state index in [0.29, 0.717) is 13.0 Å². The number of nitrogens with zero attached hydrogens (tertiary/aromatic N) is 1. The van der Waals surface area contributed by atoms with E-state index >= 15 is 0 Å². The van der Waals surface area contributed by atoms with Crippen molar-refractivity contribution < 1.29 is 5.11 Å². The lowest BCUT2D eigenvalue weighted by atomic mass is 10.1. The third-order valence-corrected chi connectivity index (χ3v) is 3.32. The molecular weight excluding hydrogens is 284 g/mol. The molecule has 4 nitrogen and oxygen atoms in total. The summed E-state index contributed by atoms with van der Waals surface area (Å²) in [5.74, 6) is -0.145. The van der Waals surface area contributed by atoms with Gasteiger partial charge in [-0.3, -0.25) is 14.3 Å². The Bertz CT molecular complexity index is 773. The molecule has 0 saturated heterocycles. The predicted octanol–water partition coefficient (Wildman–Crippen LogP) is 3.05. The van der Waals surface area contributed by atoms with Crippen molar-refractivity contribution >= 4 is 18.3 Å². The van der Waals surface area contributed by atoms with Gasteiger partial charge in [-0.1, -0.05) is 42.5 Å². The van der Waals surface area contributed by atoms with E-state index < -0.39 is 5.56 Å². The number of hydrogen-bond acceptors (Lipinski definition) is 3. The van der Waals surface area contributed by atoms with Gasteiger partial charge in [0.05, 0.1) is 5.56 Å². The minimum atomic E-state index is -0.401. The van der Waals surface area contributed by atoms with Crippen LogP contribution in [0.2, 0.25) is 0 Å². The van der Waals surface area contributed by atoms with Gasteiger partial charge in [0.15, 0.2) is 4.77 Å². The normalized spacial score (nSPS) is 10.9. The van der Waals surface area contributed by atoms with Gasteiger partial charge in [0.1, 0.15) is 0 Å². The lowest BCUT2D eigenvalue weighted by molar-refractivity contribution is 0.412. The van der Waals surface area contributed by atoms with Crippen LogP contribution in [0, 0.1) is 4.77 Å². The number of benzene rings is 1. The molecule has 0 radical (unpaired) electrons. The summed E-state index contributed by atoms with van der Waals surface area (Å²) in [5.41, 5.74) is 0.923. The Morgan fingerprint density at radius 3 is 2.71 bits per heavy atom. The minimum Gasteiger partial charge on any atom is -0.494 e. The zero-order chi connectivity index (χ0) is 15.2. The molecule has 108 valence electrons. The fourth-order valence-electron chi connectivity index (χ4n) is 1.95. The highest BCUT2D eigenvalue weighted by Gasteiger charge is 2.08. The zero-order valence-electron chi connectivity index (χ0n) is 11.5. The van der Waals surface area contributed by atoms with Crippen LogP contribution in [0.3, 0.4) is 0 Å². The van der Waals surface area contributed by atoms with Crippen LogP contribution in [0.1, 0.15) is 11.1 Å². The molecule has 0 amide bonds. The van der Waals surface area contributed by atoms with Crippen molar-refractivity contribution in [2.75, 3.05) is 0 Å². The molecule has 0 bridgehead atoms.